The zero-order valence-corrected chi connectivity index (χ0v) is 14.8. The molecular weight excluding hydrogens is 305 g/mol. The molecule has 3 heterocycles. The van der Waals surface area contributed by atoms with Crippen LogP contribution in [0.25, 0.3) is 0 Å². The molecule has 1 aromatic rings. The van der Waals surface area contributed by atoms with Crippen molar-refractivity contribution in [1.29, 1.82) is 0 Å². The summed E-state index contributed by atoms with van der Waals surface area (Å²) in [5.41, 5.74) is 1.99. The van der Waals surface area contributed by atoms with Crippen molar-refractivity contribution in [2.75, 3.05) is 13.2 Å². The number of benzene rings is 1. The lowest BCUT2D eigenvalue weighted by Crippen LogP contribution is -2.41. The second kappa shape index (κ2) is 5.31. The monoisotopic (exact) mass is 329 g/mol. The summed E-state index contributed by atoms with van der Waals surface area (Å²) in [5, 5.41) is 0. The van der Waals surface area contributed by atoms with Gasteiger partial charge in [0.2, 0.25) is 0 Å². The second-order valence-corrected chi connectivity index (χ2v) is 7.96. The van der Waals surface area contributed by atoms with Crippen LogP contribution in [0.2, 0.25) is 0 Å². The Kier molecular flexibility index (Phi) is 3.57. The molecule has 0 spiro atoms. The van der Waals surface area contributed by atoms with Gasteiger partial charge in [-0.2, -0.15) is 0 Å². The highest BCUT2D eigenvalue weighted by molar-refractivity contribution is 6.62. The molecule has 0 aromatic heterocycles. The van der Waals surface area contributed by atoms with E-state index >= 15 is 0 Å². The summed E-state index contributed by atoms with van der Waals surface area (Å²) in [4.78, 5) is 14.7. The predicted octanol–water partition coefficient (Wildman–Crippen LogP) is 1.73. The fourth-order valence-electron chi connectivity index (χ4n) is 3.53. The van der Waals surface area contributed by atoms with E-state index < -0.39 is 7.12 Å². The van der Waals surface area contributed by atoms with Gasteiger partial charge >= 0.3 is 7.12 Å². The van der Waals surface area contributed by atoms with E-state index in [0.717, 1.165) is 29.6 Å². The molecule has 0 aliphatic carbocycles. The summed E-state index contributed by atoms with van der Waals surface area (Å²) in [6.07, 6.45) is 0.920. The fourth-order valence-corrected chi connectivity index (χ4v) is 3.53. The van der Waals surface area contributed by atoms with E-state index in [1.54, 1.807) is 0 Å². The van der Waals surface area contributed by atoms with Gasteiger partial charge in [0, 0.05) is 18.7 Å². The van der Waals surface area contributed by atoms with E-state index in [1.807, 2.05) is 50.8 Å². The first-order chi connectivity index (χ1) is 11.3. The Balaban J connectivity index is 1.59. The molecule has 0 radical (unpaired) electrons. The van der Waals surface area contributed by atoms with Crippen molar-refractivity contribution in [2.45, 2.75) is 57.9 Å². The minimum atomic E-state index is -0.433. The minimum absolute atomic E-state index is 0.0962. The van der Waals surface area contributed by atoms with Gasteiger partial charge in [-0.3, -0.25) is 4.79 Å². The van der Waals surface area contributed by atoms with Crippen LogP contribution in [-0.2, 0) is 20.6 Å². The van der Waals surface area contributed by atoms with E-state index in [4.69, 9.17) is 14.0 Å². The van der Waals surface area contributed by atoms with E-state index in [9.17, 15) is 4.79 Å². The van der Waals surface area contributed by atoms with Gasteiger partial charge in [0.15, 0.2) is 0 Å². The van der Waals surface area contributed by atoms with Crippen LogP contribution in [-0.4, -0.2) is 48.4 Å². The average molecular weight is 329 g/mol. The maximum atomic E-state index is 12.8. The molecule has 0 bridgehead atoms. The highest BCUT2D eigenvalue weighted by Crippen LogP contribution is 2.37. The number of ether oxygens (including phenoxy) is 1. The lowest BCUT2D eigenvalue weighted by Gasteiger charge is -2.32. The molecular formula is C18H24BNO4. The van der Waals surface area contributed by atoms with Crippen LogP contribution in [0.15, 0.2) is 18.2 Å². The maximum Gasteiger partial charge on any atom is 0.494 e. The number of amides is 1. The summed E-state index contributed by atoms with van der Waals surface area (Å²) >= 11 is 0. The number of nitrogens with zero attached hydrogens (tertiary/aromatic N) is 1. The molecule has 5 nitrogen and oxygen atoms in total. The Morgan fingerprint density at radius 3 is 2.50 bits per heavy atom. The van der Waals surface area contributed by atoms with Crippen molar-refractivity contribution in [3.63, 3.8) is 0 Å². The first kappa shape index (κ1) is 16.1. The van der Waals surface area contributed by atoms with Gasteiger partial charge in [0.1, 0.15) is 0 Å². The highest BCUT2D eigenvalue weighted by atomic mass is 16.7. The van der Waals surface area contributed by atoms with Crippen LogP contribution in [0, 0.1) is 0 Å². The zero-order valence-electron chi connectivity index (χ0n) is 14.8. The van der Waals surface area contributed by atoms with Gasteiger partial charge in [-0.15, -0.1) is 0 Å². The van der Waals surface area contributed by atoms with Gasteiger partial charge < -0.3 is 18.9 Å². The van der Waals surface area contributed by atoms with Crippen LogP contribution < -0.4 is 5.46 Å². The van der Waals surface area contributed by atoms with Crippen molar-refractivity contribution in [1.82, 2.24) is 4.90 Å². The number of fused-ring (bicyclic) bond motifs is 1. The smallest absolute Gasteiger partial charge is 0.399 e. The largest absolute Gasteiger partial charge is 0.494 e. The molecule has 6 heteroatoms. The molecule has 1 amide bonds. The van der Waals surface area contributed by atoms with Crippen molar-refractivity contribution in [2.24, 2.45) is 0 Å². The van der Waals surface area contributed by atoms with Gasteiger partial charge in [-0.1, -0.05) is 12.1 Å². The number of hydrogen-bond acceptors (Lipinski definition) is 4. The highest BCUT2D eigenvalue weighted by Gasteiger charge is 2.52. The summed E-state index contributed by atoms with van der Waals surface area (Å²) in [6, 6.07) is 6.19. The molecule has 2 fully saturated rings. The van der Waals surface area contributed by atoms with Gasteiger partial charge in [-0.05, 0) is 51.2 Å². The SMILES string of the molecule is CC1(C)OB(c2ccc3c(c2)C(=O)N(C2CCOC2)C3)OC1(C)C. The topological polar surface area (TPSA) is 48.0 Å². The third kappa shape index (κ3) is 2.39. The molecule has 24 heavy (non-hydrogen) atoms. The molecule has 1 aromatic carbocycles. The normalized spacial score (nSPS) is 27.8. The zero-order chi connectivity index (χ0) is 17.1. The van der Waals surface area contributed by atoms with E-state index in [1.165, 1.54) is 0 Å². The predicted molar refractivity (Wildman–Crippen MR) is 91.3 cm³/mol. The Bertz CT molecular complexity index is 666. The van der Waals surface area contributed by atoms with Crippen molar-refractivity contribution >= 4 is 18.5 Å². The lowest BCUT2D eigenvalue weighted by molar-refractivity contribution is 0.00578. The maximum absolute atomic E-state index is 12.8. The van der Waals surface area contributed by atoms with Crippen molar-refractivity contribution in [3.05, 3.63) is 29.3 Å². The van der Waals surface area contributed by atoms with Crippen LogP contribution in [0.3, 0.4) is 0 Å². The van der Waals surface area contributed by atoms with Crippen LogP contribution in [0.5, 0.6) is 0 Å². The second-order valence-electron chi connectivity index (χ2n) is 7.96. The summed E-state index contributed by atoms with van der Waals surface area (Å²) in [6.45, 7) is 10.2. The quantitative estimate of drug-likeness (QED) is 0.776. The average Bonchev–Trinajstić information content (AvgIpc) is 3.18. The van der Waals surface area contributed by atoms with E-state index in [2.05, 4.69) is 0 Å². The van der Waals surface area contributed by atoms with Crippen molar-refractivity contribution < 1.29 is 18.8 Å². The Labute approximate surface area is 143 Å². The van der Waals surface area contributed by atoms with Crippen LogP contribution >= 0.6 is 0 Å². The molecule has 0 saturated carbocycles. The summed E-state index contributed by atoms with van der Waals surface area (Å²) in [5.74, 6) is 0.0962. The number of carbonyl (C=O) groups excluding carboxylic acids is 1. The standard InChI is InChI=1S/C18H24BNO4/c1-17(2)18(3,4)24-19(23-17)13-6-5-12-10-20(14-7-8-22-11-14)16(21)15(12)9-13/h5-6,9,14H,7-8,10-11H2,1-4H3. The molecule has 3 aliphatic rings. The van der Waals surface area contributed by atoms with Crippen LogP contribution in [0.4, 0.5) is 0 Å². The van der Waals surface area contributed by atoms with Gasteiger partial charge in [0.05, 0.1) is 23.9 Å². The number of carbonyl (C=O) groups is 1. The van der Waals surface area contributed by atoms with Gasteiger partial charge in [-0.25, -0.2) is 0 Å². The van der Waals surface area contributed by atoms with E-state index in [-0.39, 0.29) is 23.2 Å². The Hall–Kier alpha value is -1.37. The minimum Gasteiger partial charge on any atom is -0.399 e. The lowest BCUT2D eigenvalue weighted by atomic mass is 9.78. The third-order valence-electron chi connectivity index (χ3n) is 5.84. The van der Waals surface area contributed by atoms with Crippen LogP contribution in [0.1, 0.15) is 50.0 Å². The molecule has 3 aliphatic heterocycles. The first-order valence-electron chi connectivity index (χ1n) is 8.66. The Morgan fingerprint density at radius 2 is 1.88 bits per heavy atom. The fraction of sp³-hybridized carbons (Fsp3) is 0.611. The molecule has 0 N–H and O–H groups in total. The number of rotatable bonds is 2. The van der Waals surface area contributed by atoms with Gasteiger partial charge in [0.25, 0.3) is 5.91 Å². The van der Waals surface area contributed by atoms with Crippen molar-refractivity contribution in [3.8, 4) is 0 Å². The molecule has 1 atom stereocenters. The Morgan fingerprint density at radius 1 is 1.17 bits per heavy atom. The number of hydrogen-bond donors (Lipinski definition) is 0. The summed E-state index contributed by atoms with van der Waals surface area (Å²) < 4.78 is 17.6. The summed E-state index contributed by atoms with van der Waals surface area (Å²) in [7, 11) is -0.433. The molecule has 1 unspecified atom stereocenters. The van der Waals surface area contributed by atoms with E-state index in [0.29, 0.717) is 13.2 Å². The molecule has 4 rings (SSSR count). The third-order valence-corrected chi connectivity index (χ3v) is 5.84. The molecule has 128 valence electrons. The molecule has 2 saturated heterocycles. The first-order valence-corrected chi connectivity index (χ1v) is 8.66.